The Kier molecular flexibility index (Phi) is 7.52. The number of methoxy groups -OCH3 is 2. The number of carbonyl (C=O) groups is 3. The maximum atomic E-state index is 13.1. The SMILES string of the molecule is CCc1c(C(=O)C(N)=O)c2c(OCC(=O)OC)cc(-c3ccc(OC)cc3)nn2c1Cc1ccccc1. The molecule has 0 spiro atoms. The van der Waals surface area contributed by atoms with Crippen LogP contribution in [0.3, 0.4) is 0 Å². The van der Waals surface area contributed by atoms with Crippen molar-refractivity contribution in [1.29, 1.82) is 0 Å². The van der Waals surface area contributed by atoms with Gasteiger partial charge in [0.15, 0.2) is 6.61 Å². The van der Waals surface area contributed by atoms with Gasteiger partial charge in [-0.2, -0.15) is 5.10 Å². The Morgan fingerprint density at radius 1 is 1.00 bits per heavy atom. The molecule has 0 unspecified atom stereocenters. The molecule has 2 aromatic carbocycles. The highest BCUT2D eigenvalue weighted by Gasteiger charge is 2.29. The fourth-order valence-electron chi connectivity index (χ4n) is 4.25. The number of Topliss-reactive ketones (excluding diaryl/α,β-unsaturated/α-hetero) is 1. The highest BCUT2D eigenvalue weighted by Crippen LogP contribution is 2.35. The molecule has 4 aromatic rings. The van der Waals surface area contributed by atoms with Gasteiger partial charge in [-0.15, -0.1) is 0 Å². The van der Waals surface area contributed by atoms with Gasteiger partial charge >= 0.3 is 5.97 Å². The number of carbonyl (C=O) groups excluding carboxylic acids is 3. The van der Waals surface area contributed by atoms with E-state index in [0.29, 0.717) is 35.5 Å². The second-order valence-corrected chi connectivity index (χ2v) is 8.26. The van der Waals surface area contributed by atoms with Crippen LogP contribution in [0.25, 0.3) is 16.8 Å². The predicted molar refractivity (Wildman–Crippen MR) is 137 cm³/mol. The third-order valence-electron chi connectivity index (χ3n) is 6.04. The maximum Gasteiger partial charge on any atom is 0.343 e. The van der Waals surface area contributed by atoms with Crippen LogP contribution < -0.4 is 15.2 Å². The van der Waals surface area contributed by atoms with Gasteiger partial charge in [-0.1, -0.05) is 37.3 Å². The van der Waals surface area contributed by atoms with Crippen molar-refractivity contribution in [2.75, 3.05) is 20.8 Å². The summed E-state index contributed by atoms with van der Waals surface area (Å²) in [6, 6.07) is 18.6. The number of amides is 1. The number of nitrogens with zero attached hydrogens (tertiary/aromatic N) is 2. The van der Waals surface area contributed by atoms with E-state index in [1.165, 1.54) is 7.11 Å². The van der Waals surface area contributed by atoms with Crippen molar-refractivity contribution in [3.63, 3.8) is 0 Å². The molecule has 0 saturated carbocycles. The van der Waals surface area contributed by atoms with Crippen LogP contribution in [0.15, 0.2) is 60.7 Å². The van der Waals surface area contributed by atoms with E-state index >= 15 is 0 Å². The Labute approximate surface area is 213 Å². The van der Waals surface area contributed by atoms with Crippen molar-refractivity contribution in [2.24, 2.45) is 5.73 Å². The first-order valence-corrected chi connectivity index (χ1v) is 11.7. The van der Waals surface area contributed by atoms with E-state index in [0.717, 1.165) is 11.1 Å². The molecule has 9 nitrogen and oxygen atoms in total. The van der Waals surface area contributed by atoms with Gasteiger partial charge in [-0.05, 0) is 41.8 Å². The summed E-state index contributed by atoms with van der Waals surface area (Å²) in [6.45, 7) is 1.49. The lowest BCUT2D eigenvalue weighted by Gasteiger charge is -2.12. The number of hydrogen-bond acceptors (Lipinski definition) is 7. The third-order valence-corrected chi connectivity index (χ3v) is 6.04. The number of ether oxygens (including phenoxy) is 3. The Bertz CT molecular complexity index is 1460. The van der Waals surface area contributed by atoms with Crippen molar-refractivity contribution in [2.45, 2.75) is 19.8 Å². The smallest absolute Gasteiger partial charge is 0.343 e. The van der Waals surface area contributed by atoms with E-state index in [1.807, 2.05) is 49.4 Å². The summed E-state index contributed by atoms with van der Waals surface area (Å²) >= 11 is 0. The first kappa shape index (κ1) is 25.4. The van der Waals surface area contributed by atoms with E-state index in [1.54, 1.807) is 29.8 Å². The topological polar surface area (TPSA) is 122 Å². The third kappa shape index (κ3) is 5.16. The molecule has 2 aromatic heterocycles. The molecule has 0 aliphatic rings. The van der Waals surface area contributed by atoms with Gasteiger partial charge < -0.3 is 19.9 Å². The molecule has 37 heavy (non-hydrogen) atoms. The number of benzene rings is 2. The largest absolute Gasteiger partial charge is 0.497 e. The number of aromatic nitrogens is 2. The minimum Gasteiger partial charge on any atom is -0.497 e. The average Bonchev–Trinajstić information content (AvgIpc) is 3.24. The lowest BCUT2D eigenvalue weighted by molar-refractivity contribution is -0.142. The first-order valence-electron chi connectivity index (χ1n) is 11.7. The second-order valence-electron chi connectivity index (χ2n) is 8.26. The number of nitrogens with two attached hydrogens (primary N) is 1. The number of hydrogen-bond donors (Lipinski definition) is 1. The van der Waals surface area contributed by atoms with E-state index in [-0.39, 0.29) is 16.8 Å². The Hall–Kier alpha value is -4.66. The predicted octanol–water partition coefficient (Wildman–Crippen LogP) is 3.38. The average molecular weight is 502 g/mol. The van der Waals surface area contributed by atoms with Crippen LogP contribution in [-0.4, -0.2) is 48.1 Å². The molecule has 0 radical (unpaired) electrons. The van der Waals surface area contributed by atoms with Gasteiger partial charge in [0.25, 0.3) is 11.7 Å². The van der Waals surface area contributed by atoms with Gasteiger partial charge in [0, 0.05) is 18.1 Å². The standard InChI is InChI=1S/C28H27N3O6/c1-4-20-22(14-17-8-6-5-7-9-17)31-26(25(20)27(33)28(29)34)23(37-16-24(32)36-3)15-21(30-31)18-10-12-19(35-2)13-11-18/h5-13,15H,4,14,16H2,1-3H3,(H2,29,34). The van der Waals surface area contributed by atoms with Crippen molar-refractivity contribution in [1.82, 2.24) is 9.61 Å². The van der Waals surface area contributed by atoms with Crippen LogP contribution in [0.2, 0.25) is 0 Å². The van der Waals surface area contributed by atoms with Gasteiger partial charge in [0.05, 0.1) is 31.2 Å². The maximum absolute atomic E-state index is 13.1. The van der Waals surface area contributed by atoms with Gasteiger partial charge in [-0.3, -0.25) is 9.59 Å². The minimum absolute atomic E-state index is 0.120. The number of ketones is 1. The van der Waals surface area contributed by atoms with Crippen molar-refractivity contribution < 1.29 is 28.6 Å². The first-order chi connectivity index (χ1) is 17.9. The summed E-state index contributed by atoms with van der Waals surface area (Å²) in [7, 11) is 2.83. The molecule has 1 amide bonds. The highest BCUT2D eigenvalue weighted by molar-refractivity contribution is 6.44. The fourth-order valence-corrected chi connectivity index (χ4v) is 4.25. The number of rotatable bonds is 10. The summed E-state index contributed by atoms with van der Waals surface area (Å²) in [5.41, 5.74) is 9.45. The van der Waals surface area contributed by atoms with Gasteiger partial charge in [0.1, 0.15) is 17.0 Å². The van der Waals surface area contributed by atoms with Gasteiger partial charge in [-0.25, -0.2) is 9.31 Å². The fraction of sp³-hybridized carbons (Fsp3) is 0.214. The molecule has 0 fully saturated rings. The van der Waals surface area contributed by atoms with Crippen LogP contribution in [0, 0.1) is 0 Å². The van der Waals surface area contributed by atoms with Gasteiger partial charge in [0.2, 0.25) is 0 Å². The second kappa shape index (κ2) is 10.9. The van der Waals surface area contributed by atoms with Crippen molar-refractivity contribution >= 4 is 23.2 Å². The molecule has 4 rings (SSSR count). The number of primary amides is 1. The zero-order valence-electron chi connectivity index (χ0n) is 20.8. The zero-order valence-corrected chi connectivity index (χ0v) is 20.8. The van der Waals surface area contributed by atoms with Crippen molar-refractivity contribution in [3.05, 3.63) is 83.0 Å². The molecule has 9 heteroatoms. The van der Waals surface area contributed by atoms with Crippen LogP contribution in [-0.2, 0) is 27.2 Å². The Morgan fingerprint density at radius 3 is 2.30 bits per heavy atom. The zero-order chi connectivity index (χ0) is 26.5. The lowest BCUT2D eigenvalue weighted by Crippen LogP contribution is -2.24. The Balaban J connectivity index is 2.03. The molecule has 2 heterocycles. The van der Waals surface area contributed by atoms with E-state index in [4.69, 9.17) is 25.0 Å². The minimum atomic E-state index is -1.09. The summed E-state index contributed by atoms with van der Waals surface area (Å²) in [6.07, 6.45) is 0.876. The number of esters is 1. The molecule has 0 aliphatic carbocycles. The molecular formula is C28H27N3O6. The monoisotopic (exact) mass is 501 g/mol. The number of fused-ring (bicyclic) bond motifs is 1. The molecule has 0 bridgehead atoms. The van der Waals surface area contributed by atoms with Crippen LogP contribution in [0.1, 0.15) is 34.1 Å². The molecule has 190 valence electrons. The lowest BCUT2D eigenvalue weighted by atomic mass is 9.99. The molecule has 0 aliphatic heterocycles. The molecule has 0 saturated heterocycles. The quantitative estimate of drug-likeness (QED) is 0.201. The van der Waals surface area contributed by atoms with Crippen LogP contribution in [0.5, 0.6) is 11.5 Å². The molecule has 2 N–H and O–H groups in total. The molecular weight excluding hydrogens is 474 g/mol. The van der Waals surface area contributed by atoms with Crippen LogP contribution >= 0.6 is 0 Å². The Morgan fingerprint density at radius 2 is 1.70 bits per heavy atom. The van der Waals surface area contributed by atoms with E-state index in [2.05, 4.69) is 0 Å². The normalized spacial score (nSPS) is 10.8. The van der Waals surface area contributed by atoms with Crippen LogP contribution in [0.4, 0.5) is 0 Å². The van der Waals surface area contributed by atoms with E-state index in [9.17, 15) is 14.4 Å². The molecule has 0 atom stereocenters. The highest BCUT2D eigenvalue weighted by atomic mass is 16.6. The van der Waals surface area contributed by atoms with Crippen molar-refractivity contribution in [3.8, 4) is 22.8 Å². The summed E-state index contributed by atoms with van der Waals surface area (Å²) < 4.78 is 17.5. The summed E-state index contributed by atoms with van der Waals surface area (Å²) in [5.74, 6) is -1.66. The summed E-state index contributed by atoms with van der Waals surface area (Å²) in [5, 5.41) is 4.85. The summed E-state index contributed by atoms with van der Waals surface area (Å²) in [4.78, 5) is 37.1. The van der Waals surface area contributed by atoms with E-state index < -0.39 is 24.3 Å².